The van der Waals surface area contributed by atoms with E-state index in [0.29, 0.717) is 5.92 Å². The fraction of sp³-hybridized carbons (Fsp3) is 0.600. The van der Waals surface area contributed by atoms with Crippen molar-refractivity contribution in [2.45, 2.75) is 25.7 Å². The zero-order chi connectivity index (χ0) is 13.0. The van der Waals surface area contributed by atoms with Crippen LogP contribution in [0.2, 0.25) is 0 Å². The molecule has 3 heteroatoms. The van der Waals surface area contributed by atoms with Crippen molar-refractivity contribution in [1.29, 1.82) is 0 Å². The van der Waals surface area contributed by atoms with E-state index in [1.54, 1.807) is 14.2 Å². The highest BCUT2D eigenvalue weighted by Gasteiger charge is 2.32. The average molecular weight is 249 g/mol. The van der Waals surface area contributed by atoms with E-state index in [-0.39, 0.29) is 0 Å². The van der Waals surface area contributed by atoms with E-state index in [9.17, 15) is 0 Å². The van der Waals surface area contributed by atoms with Gasteiger partial charge < -0.3 is 14.8 Å². The number of hydrogen-bond acceptors (Lipinski definition) is 3. The first-order chi connectivity index (χ1) is 8.78. The zero-order valence-electron chi connectivity index (χ0n) is 11.5. The van der Waals surface area contributed by atoms with E-state index in [2.05, 4.69) is 24.4 Å². The van der Waals surface area contributed by atoms with Gasteiger partial charge in [0.2, 0.25) is 0 Å². The lowest BCUT2D eigenvalue weighted by atomic mass is 9.70. The second kappa shape index (κ2) is 6.10. The molecule has 0 bridgehead atoms. The van der Waals surface area contributed by atoms with Crippen molar-refractivity contribution in [2.24, 2.45) is 5.92 Å². The Kier molecular flexibility index (Phi) is 4.48. The largest absolute Gasteiger partial charge is 0.497 e. The number of nitrogens with one attached hydrogen (secondary N) is 1. The molecule has 0 saturated heterocycles. The smallest absolute Gasteiger partial charge is 0.122 e. The second-order valence-electron chi connectivity index (χ2n) is 4.90. The van der Waals surface area contributed by atoms with Crippen molar-refractivity contribution in [1.82, 2.24) is 5.32 Å². The van der Waals surface area contributed by atoms with Crippen LogP contribution in [0.3, 0.4) is 0 Å². The summed E-state index contributed by atoms with van der Waals surface area (Å²) in [6, 6.07) is 6.22. The summed E-state index contributed by atoms with van der Waals surface area (Å²) in [5.74, 6) is 3.17. The summed E-state index contributed by atoms with van der Waals surface area (Å²) in [5, 5.41) is 3.44. The van der Waals surface area contributed by atoms with Crippen LogP contribution in [0.15, 0.2) is 18.2 Å². The van der Waals surface area contributed by atoms with Crippen LogP contribution in [-0.4, -0.2) is 27.3 Å². The van der Waals surface area contributed by atoms with Gasteiger partial charge in [0.15, 0.2) is 0 Å². The van der Waals surface area contributed by atoms with Gasteiger partial charge in [-0.05, 0) is 55.5 Å². The van der Waals surface area contributed by atoms with Crippen LogP contribution in [-0.2, 0) is 0 Å². The molecule has 1 saturated carbocycles. The summed E-state index contributed by atoms with van der Waals surface area (Å²) in [6.45, 7) is 4.31. The Bertz CT molecular complexity index is 370. The summed E-state index contributed by atoms with van der Waals surface area (Å²) in [6.07, 6.45) is 2.59. The third-order valence-electron chi connectivity index (χ3n) is 3.88. The van der Waals surface area contributed by atoms with Crippen LogP contribution in [0.5, 0.6) is 11.5 Å². The number of methoxy groups -OCH3 is 2. The number of ether oxygens (including phenoxy) is 2. The van der Waals surface area contributed by atoms with Crippen LogP contribution in [0.25, 0.3) is 0 Å². The first kappa shape index (κ1) is 13.2. The monoisotopic (exact) mass is 249 g/mol. The first-order valence-electron chi connectivity index (χ1n) is 6.72. The van der Waals surface area contributed by atoms with E-state index < -0.39 is 0 Å². The highest BCUT2D eigenvalue weighted by molar-refractivity contribution is 5.41. The molecule has 2 unspecified atom stereocenters. The number of benzene rings is 1. The van der Waals surface area contributed by atoms with Gasteiger partial charge in [-0.25, -0.2) is 0 Å². The van der Waals surface area contributed by atoms with Gasteiger partial charge >= 0.3 is 0 Å². The molecule has 0 heterocycles. The summed E-state index contributed by atoms with van der Waals surface area (Å²) in [7, 11) is 3.41. The standard InChI is InChI=1S/C15H23NO2/c1-4-16-10-11-5-6-15(11)12-7-13(17-2)9-14(8-12)18-3/h7-9,11,15-16H,4-6,10H2,1-3H3. The third kappa shape index (κ3) is 2.78. The predicted octanol–water partition coefficient (Wildman–Crippen LogP) is 2.81. The molecular weight excluding hydrogens is 226 g/mol. The first-order valence-corrected chi connectivity index (χ1v) is 6.72. The molecular formula is C15H23NO2. The fourth-order valence-electron chi connectivity index (χ4n) is 2.63. The Labute approximate surface area is 109 Å². The Morgan fingerprint density at radius 1 is 1.11 bits per heavy atom. The van der Waals surface area contributed by atoms with E-state index in [1.807, 2.05) is 6.07 Å². The van der Waals surface area contributed by atoms with Gasteiger partial charge in [-0.15, -0.1) is 0 Å². The molecule has 1 fully saturated rings. The summed E-state index contributed by atoms with van der Waals surface area (Å²) in [4.78, 5) is 0. The minimum absolute atomic E-state index is 0.646. The van der Waals surface area contributed by atoms with Gasteiger partial charge in [0.25, 0.3) is 0 Å². The van der Waals surface area contributed by atoms with Crippen molar-refractivity contribution < 1.29 is 9.47 Å². The molecule has 0 aromatic heterocycles. The molecule has 100 valence electrons. The second-order valence-corrected chi connectivity index (χ2v) is 4.90. The molecule has 1 N–H and O–H groups in total. The van der Waals surface area contributed by atoms with E-state index in [0.717, 1.165) is 30.5 Å². The van der Waals surface area contributed by atoms with Gasteiger partial charge in [-0.3, -0.25) is 0 Å². The van der Waals surface area contributed by atoms with Gasteiger partial charge in [-0.2, -0.15) is 0 Å². The SMILES string of the molecule is CCNCC1CCC1c1cc(OC)cc(OC)c1. The van der Waals surface area contributed by atoms with Gasteiger partial charge in [0.05, 0.1) is 14.2 Å². The van der Waals surface area contributed by atoms with Crippen LogP contribution < -0.4 is 14.8 Å². The lowest BCUT2D eigenvalue weighted by Crippen LogP contribution is -2.33. The lowest BCUT2D eigenvalue weighted by molar-refractivity contribution is 0.246. The Morgan fingerprint density at radius 2 is 1.78 bits per heavy atom. The van der Waals surface area contributed by atoms with Crippen LogP contribution in [0.4, 0.5) is 0 Å². The molecule has 2 atom stereocenters. The minimum Gasteiger partial charge on any atom is -0.497 e. The highest BCUT2D eigenvalue weighted by atomic mass is 16.5. The van der Waals surface area contributed by atoms with Crippen molar-refractivity contribution in [3.63, 3.8) is 0 Å². The topological polar surface area (TPSA) is 30.5 Å². The quantitative estimate of drug-likeness (QED) is 0.841. The summed E-state index contributed by atoms with van der Waals surface area (Å²) >= 11 is 0. The molecule has 1 aliphatic carbocycles. The fourth-order valence-corrected chi connectivity index (χ4v) is 2.63. The maximum atomic E-state index is 5.34. The highest BCUT2D eigenvalue weighted by Crippen LogP contribution is 2.44. The molecule has 0 aliphatic heterocycles. The molecule has 1 aromatic rings. The van der Waals surface area contributed by atoms with Crippen LogP contribution >= 0.6 is 0 Å². The molecule has 1 aliphatic rings. The van der Waals surface area contributed by atoms with Crippen molar-refractivity contribution in [3.8, 4) is 11.5 Å². The third-order valence-corrected chi connectivity index (χ3v) is 3.88. The van der Waals surface area contributed by atoms with Crippen molar-refractivity contribution >= 4 is 0 Å². The maximum Gasteiger partial charge on any atom is 0.122 e. The van der Waals surface area contributed by atoms with E-state index in [4.69, 9.17) is 9.47 Å². The molecule has 2 rings (SSSR count). The molecule has 0 amide bonds. The van der Waals surface area contributed by atoms with Gasteiger partial charge in [0, 0.05) is 6.07 Å². The summed E-state index contributed by atoms with van der Waals surface area (Å²) in [5.41, 5.74) is 1.35. The molecule has 1 aromatic carbocycles. The molecule has 0 spiro atoms. The predicted molar refractivity (Wildman–Crippen MR) is 73.6 cm³/mol. The zero-order valence-corrected chi connectivity index (χ0v) is 11.5. The lowest BCUT2D eigenvalue weighted by Gasteiger charge is -2.37. The molecule has 3 nitrogen and oxygen atoms in total. The van der Waals surface area contributed by atoms with Crippen molar-refractivity contribution in [3.05, 3.63) is 23.8 Å². The van der Waals surface area contributed by atoms with Gasteiger partial charge in [0.1, 0.15) is 11.5 Å². The normalized spacial score (nSPS) is 22.4. The molecule has 18 heavy (non-hydrogen) atoms. The van der Waals surface area contributed by atoms with Crippen LogP contribution in [0.1, 0.15) is 31.2 Å². The Morgan fingerprint density at radius 3 is 2.22 bits per heavy atom. The maximum absolute atomic E-state index is 5.34. The van der Waals surface area contributed by atoms with E-state index in [1.165, 1.54) is 18.4 Å². The van der Waals surface area contributed by atoms with Gasteiger partial charge in [-0.1, -0.05) is 6.92 Å². The Balaban J connectivity index is 2.12. The van der Waals surface area contributed by atoms with Crippen molar-refractivity contribution in [2.75, 3.05) is 27.3 Å². The minimum atomic E-state index is 0.646. The average Bonchev–Trinajstić information content (AvgIpc) is 2.37. The molecule has 0 radical (unpaired) electrons. The van der Waals surface area contributed by atoms with E-state index >= 15 is 0 Å². The number of rotatable bonds is 6. The summed E-state index contributed by atoms with van der Waals surface area (Å²) < 4.78 is 10.7. The number of hydrogen-bond donors (Lipinski definition) is 1. The van der Waals surface area contributed by atoms with Crippen LogP contribution in [0, 0.1) is 5.92 Å². The Hall–Kier alpha value is -1.22.